The van der Waals surface area contributed by atoms with Gasteiger partial charge < -0.3 is 4.74 Å². The summed E-state index contributed by atoms with van der Waals surface area (Å²) in [4.78, 5) is 16.7. The van der Waals surface area contributed by atoms with E-state index in [1.54, 1.807) is 23.7 Å². The van der Waals surface area contributed by atoms with Crippen LogP contribution in [0.5, 0.6) is 0 Å². The average Bonchev–Trinajstić information content (AvgIpc) is 3.76. The van der Waals surface area contributed by atoms with Crippen molar-refractivity contribution < 1.29 is 17.9 Å². The summed E-state index contributed by atoms with van der Waals surface area (Å²) < 4.78 is 48.5. The van der Waals surface area contributed by atoms with Crippen LogP contribution in [0.4, 0.5) is 19.0 Å². The van der Waals surface area contributed by atoms with Crippen LogP contribution in [0.25, 0.3) is 22.2 Å². The van der Waals surface area contributed by atoms with Crippen molar-refractivity contribution in [1.29, 1.82) is 0 Å². The molecule has 6 rings (SSSR count). The van der Waals surface area contributed by atoms with Gasteiger partial charge in [0.25, 0.3) is 0 Å². The lowest BCUT2D eigenvalue weighted by Gasteiger charge is -2.33. The van der Waals surface area contributed by atoms with Gasteiger partial charge in [-0.2, -0.15) is 28.4 Å². The third-order valence-electron chi connectivity index (χ3n) is 8.70. The molecule has 0 radical (unpaired) electrons. The van der Waals surface area contributed by atoms with E-state index < -0.39 is 20.8 Å². The molecule has 1 atom stereocenters. The van der Waals surface area contributed by atoms with E-state index in [1.807, 2.05) is 33.8 Å². The lowest BCUT2D eigenvalue weighted by Crippen LogP contribution is -2.42. The fourth-order valence-electron chi connectivity index (χ4n) is 6.25. The minimum absolute atomic E-state index is 0.124. The Morgan fingerprint density at radius 3 is 2.65 bits per heavy atom. The summed E-state index contributed by atoms with van der Waals surface area (Å²) in [6, 6.07) is 6.89. The van der Waals surface area contributed by atoms with Crippen molar-refractivity contribution in [2.75, 3.05) is 26.2 Å². The second kappa shape index (κ2) is 14.0. The van der Waals surface area contributed by atoms with Crippen LogP contribution in [0.1, 0.15) is 49.5 Å². The largest absolute Gasteiger partial charge is 0.401 e. The van der Waals surface area contributed by atoms with E-state index in [2.05, 4.69) is 29.7 Å². The third-order valence-corrected chi connectivity index (χ3v) is 11.5. The van der Waals surface area contributed by atoms with Crippen molar-refractivity contribution in [3.63, 3.8) is 0 Å². The highest BCUT2D eigenvalue weighted by atomic mass is 32.1. The van der Waals surface area contributed by atoms with Crippen LogP contribution in [-0.4, -0.2) is 74.9 Å². The summed E-state index contributed by atoms with van der Waals surface area (Å²) in [6.45, 7) is 8.77. The molecule has 0 aromatic carbocycles. The summed E-state index contributed by atoms with van der Waals surface area (Å²) in [7, 11) is -1.19. The normalized spacial score (nSPS) is 19.1. The molecule has 0 bridgehead atoms. The molecule has 0 amide bonds. The van der Waals surface area contributed by atoms with Crippen molar-refractivity contribution in [2.45, 2.75) is 89.6 Å². The lowest BCUT2D eigenvalue weighted by atomic mass is 9.98. The molecule has 4 aromatic rings. The van der Waals surface area contributed by atoms with Gasteiger partial charge in [-0.05, 0) is 62.4 Å². The predicted octanol–water partition coefficient (Wildman–Crippen LogP) is 7.23. The summed E-state index contributed by atoms with van der Waals surface area (Å²) in [5.74, 6) is 1.19. The number of alkyl halides is 3. The topological polar surface area (TPSA) is 86.2 Å². The van der Waals surface area contributed by atoms with Gasteiger partial charge >= 0.3 is 6.18 Å². The Kier molecular flexibility index (Phi) is 10.1. The highest BCUT2D eigenvalue weighted by Gasteiger charge is 2.33. The molecule has 46 heavy (non-hydrogen) atoms. The van der Waals surface area contributed by atoms with Gasteiger partial charge in [-0.15, -0.1) is 0 Å². The van der Waals surface area contributed by atoms with Crippen LogP contribution < -0.4 is 4.80 Å². The van der Waals surface area contributed by atoms with Crippen LogP contribution in [0.2, 0.25) is 25.7 Å². The number of aromatic nitrogens is 6. The smallest absolute Gasteiger partial charge is 0.359 e. The molecule has 2 aliphatic rings. The fraction of sp³-hybridized carbons (Fsp3) is 0.594. The molecule has 1 saturated heterocycles. The highest BCUT2D eigenvalue weighted by Crippen LogP contribution is 2.34. The number of ether oxygens (including phenoxy) is 1. The third kappa shape index (κ3) is 8.90. The fourth-order valence-corrected chi connectivity index (χ4v) is 8.07. The number of rotatable bonds is 11. The molecule has 1 saturated carbocycles. The summed E-state index contributed by atoms with van der Waals surface area (Å²) in [6.07, 6.45) is 7.81. The lowest BCUT2D eigenvalue weighted by molar-refractivity contribution is -0.149. The average molecular weight is 673 g/mol. The van der Waals surface area contributed by atoms with Crippen LogP contribution in [-0.2, 0) is 18.0 Å². The molecule has 1 aliphatic heterocycles. The molecular formula is C32H43F3N8OSSi. The van der Waals surface area contributed by atoms with Crippen molar-refractivity contribution in [1.82, 2.24) is 34.4 Å². The maximum absolute atomic E-state index is 12.9. The zero-order chi connectivity index (χ0) is 32.3. The number of hydrogen-bond donors (Lipinski definition) is 0. The number of halogens is 3. The van der Waals surface area contributed by atoms with Gasteiger partial charge in [0.05, 0.1) is 23.8 Å². The zero-order valence-electron chi connectivity index (χ0n) is 26.8. The van der Waals surface area contributed by atoms with E-state index in [0.29, 0.717) is 38.1 Å². The monoisotopic (exact) mass is 672 g/mol. The van der Waals surface area contributed by atoms with Gasteiger partial charge in [-0.25, -0.2) is 9.67 Å². The summed E-state index contributed by atoms with van der Waals surface area (Å²) in [5.41, 5.74) is 3.25. The van der Waals surface area contributed by atoms with E-state index >= 15 is 0 Å². The number of nitrogens with zero attached hydrogens (tertiary/aromatic N) is 8. The quantitative estimate of drug-likeness (QED) is 0.124. The summed E-state index contributed by atoms with van der Waals surface area (Å²) in [5, 5.41) is 10.6. The van der Waals surface area contributed by atoms with Crippen molar-refractivity contribution in [3.8, 4) is 11.1 Å². The van der Waals surface area contributed by atoms with Gasteiger partial charge in [0.15, 0.2) is 5.82 Å². The molecule has 4 aromatic heterocycles. The van der Waals surface area contributed by atoms with Gasteiger partial charge in [0, 0.05) is 57.2 Å². The molecule has 5 heterocycles. The van der Waals surface area contributed by atoms with Crippen LogP contribution in [0, 0.1) is 5.92 Å². The molecule has 14 heteroatoms. The second-order valence-corrected chi connectivity index (χ2v) is 20.5. The predicted molar refractivity (Wildman–Crippen MR) is 177 cm³/mol. The Bertz CT molecular complexity index is 1690. The Hall–Kier alpha value is -2.94. The minimum atomic E-state index is -4.17. The Morgan fingerprint density at radius 1 is 1.04 bits per heavy atom. The van der Waals surface area contributed by atoms with Crippen LogP contribution in [0.3, 0.4) is 0 Å². The standard InChI is InChI=1S/C32H43F3N8OSSi/c1-46(2,3)14-13-44-22-43-31(45-30(40-43)24-8-4-5-9-24)39-29-11-10-27-28(38-29)15-25(16-36-27)26-17-37-42(20-26)19-23-7-6-12-41(18-23)21-32(33,34)35/h10-11,15-17,20,23-24H,4-9,12-14,18-19,21-22H2,1-3H3. The van der Waals surface area contributed by atoms with E-state index in [4.69, 9.17) is 19.8 Å². The van der Waals surface area contributed by atoms with Crippen molar-refractivity contribution >= 4 is 36.3 Å². The van der Waals surface area contributed by atoms with E-state index in [1.165, 1.54) is 30.6 Å². The number of likely N-dealkylation sites (tertiary alicyclic amines) is 1. The maximum atomic E-state index is 12.9. The molecule has 0 N–H and O–H groups in total. The van der Waals surface area contributed by atoms with Crippen molar-refractivity contribution in [3.05, 3.63) is 46.6 Å². The Morgan fingerprint density at radius 2 is 1.87 bits per heavy atom. The molecule has 1 aliphatic carbocycles. The number of piperidine rings is 1. The zero-order valence-corrected chi connectivity index (χ0v) is 28.7. The van der Waals surface area contributed by atoms with E-state index in [0.717, 1.165) is 57.5 Å². The van der Waals surface area contributed by atoms with Crippen molar-refractivity contribution in [2.24, 2.45) is 10.9 Å². The van der Waals surface area contributed by atoms with E-state index in [-0.39, 0.29) is 5.92 Å². The van der Waals surface area contributed by atoms with Gasteiger partial charge in [0.1, 0.15) is 11.7 Å². The minimum Gasteiger partial charge on any atom is -0.359 e. The summed E-state index contributed by atoms with van der Waals surface area (Å²) >= 11 is 1.63. The molecule has 9 nitrogen and oxygen atoms in total. The first-order valence-electron chi connectivity index (χ1n) is 16.3. The SMILES string of the molecule is C[Si](C)(C)CCOCn1nc(C2CCCC2)sc1=Nc1ccc2ncc(-c3cnn(CC4CCCN(CC(F)(F)F)C4)c3)cc2n1. The van der Waals surface area contributed by atoms with Crippen LogP contribution in [0.15, 0.2) is 41.8 Å². The highest BCUT2D eigenvalue weighted by molar-refractivity contribution is 7.08. The number of fused-ring (bicyclic) bond motifs is 1. The van der Waals surface area contributed by atoms with Gasteiger partial charge in [-0.3, -0.25) is 14.6 Å². The van der Waals surface area contributed by atoms with E-state index in [9.17, 15) is 13.2 Å². The molecule has 248 valence electrons. The van der Waals surface area contributed by atoms with Gasteiger partial charge in [-0.1, -0.05) is 43.8 Å². The number of hydrogen-bond acceptors (Lipinski definition) is 8. The molecule has 0 spiro atoms. The number of pyridine rings is 2. The second-order valence-electron chi connectivity index (χ2n) is 13.9. The Labute approximate surface area is 272 Å². The Balaban J connectivity index is 1.19. The van der Waals surface area contributed by atoms with Crippen LogP contribution >= 0.6 is 11.3 Å². The van der Waals surface area contributed by atoms with Gasteiger partial charge in [0.2, 0.25) is 4.80 Å². The first kappa shape index (κ1) is 33.0. The first-order valence-corrected chi connectivity index (χ1v) is 20.8. The first-order chi connectivity index (χ1) is 22.0. The maximum Gasteiger partial charge on any atom is 0.401 e. The molecule has 2 fully saturated rings. The molecule has 1 unspecified atom stereocenters. The molecular weight excluding hydrogens is 630 g/mol.